The van der Waals surface area contributed by atoms with E-state index in [9.17, 15) is 0 Å². The van der Waals surface area contributed by atoms with Gasteiger partial charge in [-0.05, 0) is 26.2 Å². The molecule has 15 heavy (non-hydrogen) atoms. The van der Waals surface area contributed by atoms with Gasteiger partial charge in [-0.2, -0.15) is 0 Å². The molecule has 3 nitrogen and oxygen atoms in total. The van der Waals surface area contributed by atoms with Crippen LogP contribution in [0.5, 0.6) is 0 Å². The third-order valence-electron chi connectivity index (χ3n) is 2.68. The van der Waals surface area contributed by atoms with Crippen LogP contribution in [0.15, 0.2) is 23.1 Å². The van der Waals surface area contributed by atoms with Crippen molar-refractivity contribution in [1.82, 2.24) is 4.90 Å². The summed E-state index contributed by atoms with van der Waals surface area (Å²) >= 11 is 0. The minimum absolute atomic E-state index is 0.0855. The van der Waals surface area contributed by atoms with Crippen molar-refractivity contribution in [1.29, 1.82) is 0 Å². The van der Waals surface area contributed by atoms with Gasteiger partial charge in [-0.25, -0.2) is 4.99 Å². The van der Waals surface area contributed by atoms with Crippen molar-refractivity contribution in [2.75, 3.05) is 6.61 Å². The molecule has 1 rings (SSSR count). The first-order valence-electron chi connectivity index (χ1n) is 5.38. The predicted molar refractivity (Wildman–Crippen MR) is 62.5 cm³/mol. The Bertz CT molecular complexity index is 310. The van der Waals surface area contributed by atoms with Crippen LogP contribution in [-0.4, -0.2) is 28.0 Å². The summed E-state index contributed by atoms with van der Waals surface area (Å²) in [4.78, 5) is 6.28. The lowest BCUT2D eigenvalue weighted by Gasteiger charge is -2.35. The molecule has 0 saturated heterocycles. The van der Waals surface area contributed by atoms with Gasteiger partial charge in [0.25, 0.3) is 0 Å². The molecule has 0 spiro atoms. The summed E-state index contributed by atoms with van der Waals surface area (Å²) in [5, 5.41) is 9.00. The van der Waals surface area contributed by atoms with E-state index in [1.807, 2.05) is 12.4 Å². The van der Waals surface area contributed by atoms with Crippen LogP contribution in [0.2, 0.25) is 0 Å². The van der Waals surface area contributed by atoms with Gasteiger partial charge in [0.05, 0.1) is 11.9 Å². The standard InChI is InChI=1S/C12H20N2O/c1-10(2)11-9-14(7-6-13-11)12(3,4)5-8-15/h7,9-10,15H,5,8H2,1-4H3. The van der Waals surface area contributed by atoms with E-state index in [4.69, 9.17) is 5.11 Å². The third kappa shape index (κ3) is 2.95. The van der Waals surface area contributed by atoms with Gasteiger partial charge in [0, 0.05) is 24.2 Å². The van der Waals surface area contributed by atoms with E-state index in [1.54, 1.807) is 0 Å². The van der Waals surface area contributed by atoms with Crippen LogP contribution in [0.25, 0.3) is 0 Å². The number of hydrogen-bond donors (Lipinski definition) is 1. The fourth-order valence-corrected chi connectivity index (χ4v) is 1.40. The fourth-order valence-electron chi connectivity index (χ4n) is 1.40. The maximum atomic E-state index is 9.00. The predicted octanol–water partition coefficient (Wildman–Crippen LogP) is 2.14. The number of aliphatic hydroxyl groups excluding tert-OH is 1. The van der Waals surface area contributed by atoms with Crippen LogP contribution in [0.4, 0.5) is 0 Å². The van der Waals surface area contributed by atoms with Gasteiger partial charge in [0.2, 0.25) is 0 Å². The molecule has 0 radical (unpaired) electrons. The molecule has 0 atom stereocenters. The van der Waals surface area contributed by atoms with E-state index in [2.05, 4.69) is 43.5 Å². The summed E-state index contributed by atoms with van der Waals surface area (Å²) in [5.74, 6) is 3.31. The molecule has 0 amide bonds. The zero-order valence-electron chi connectivity index (χ0n) is 9.99. The van der Waals surface area contributed by atoms with Gasteiger partial charge in [-0.3, -0.25) is 0 Å². The Balaban J connectivity index is 2.86. The smallest absolute Gasteiger partial charge is 0.0691 e. The highest BCUT2D eigenvalue weighted by molar-refractivity contribution is 5.55. The zero-order valence-corrected chi connectivity index (χ0v) is 9.99. The van der Waals surface area contributed by atoms with E-state index in [0.717, 1.165) is 12.1 Å². The molecule has 1 N–H and O–H groups in total. The first kappa shape index (κ1) is 12.0. The average molecular weight is 208 g/mol. The highest BCUT2D eigenvalue weighted by atomic mass is 16.3. The Hall–Kier alpha value is -1.05. The van der Waals surface area contributed by atoms with Crippen molar-refractivity contribution < 1.29 is 5.11 Å². The van der Waals surface area contributed by atoms with Gasteiger partial charge in [0.1, 0.15) is 0 Å². The Morgan fingerprint density at radius 3 is 2.73 bits per heavy atom. The van der Waals surface area contributed by atoms with Crippen LogP contribution in [0, 0.1) is 5.92 Å². The Kier molecular flexibility index (Phi) is 3.72. The van der Waals surface area contributed by atoms with Crippen molar-refractivity contribution in [3.63, 3.8) is 0 Å². The summed E-state index contributed by atoms with van der Waals surface area (Å²) in [6.45, 7) is 8.61. The van der Waals surface area contributed by atoms with Crippen LogP contribution in [0.3, 0.4) is 0 Å². The van der Waals surface area contributed by atoms with Crippen molar-refractivity contribution in [3.05, 3.63) is 18.1 Å². The van der Waals surface area contributed by atoms with Gasteiger partial charge < -0.3 is 10.0 Å². The average Bonchev–Trinajstić information content (AvgIpc) is 2.18. The number of aliphatic imine (C=N–C) groups is 1. The lowest BCUT2D eigenvalue weighted by Crippen LogP contribution is -2.38. The van der Waals surface area contributed by atoms with E-state index in [0.29, 0.717) is 5.92 Å². The summed E-state index contributed by atoms with van der Waals surface area (Å²) in [5.41, 5.74) is 0.946. The van der Waals surface area contributed by atoms with E-state index in [-0.39, 0.29) is 12.1 Å². The van der Waals surface area contributed by atoms with Crippen molar-refractivity contribution >= 4 is 5.87 Å². The molecule has 0 aromatic carbocycles. The minimum atomic E-state index is -0.0855. The van der Waals surface area contributed by atoms with Gasteiger partial charge in [0.15, 0.2) is 0 Å². The van der Waals surface area contributed by atoms with Crippen molar-refractivity contribution in [3.8, 4) is 0 Å². The van der Waals surface area contributed by atoms with Gasteiger partial charge >= 0.3 is 0 Å². The number of nitrogens with zero attached hydrogens (tertiary/aromatic N) is 2. The molecule has 0 saturated carbocycles. The molecule has 0 bridgehead atoms. The third-order valence-corrected chi connectivity index (χ3v) is 2.68. The van der Waals surface area contributed by atoms with Crippen LogP contribution >= 0.6 is 0 Å². The summed E-state index contributed by atoms with van der Waals surface area (Å²) in [6, 6.07) is 0. The molecule has 0 aromatic heterocycles. The SMILES string of the molecule is CC(C)C1=CN(C(C)(C)CCO)C=C=N1. The fraction of sp³-hybridized carbons (Fsp3) is 0.667. The second-order valence-electron chi connectivity index (χ2n) is 4.77. The monoisotopic (exact) mass is 208 g/mol. The molecular weight excluding hydrogens is 188 g/mol. The van der Waals surface area contributed by atoms with Crippen LogP contribution in [-0.2, 0) is 0 Å². The Labute approximate surface area is 91.8 Å². The normalized spacial score (nSPS) is 16.1. The zero-order chi connectivity index (χ0) is 11.5. The Morgan fingerprint density at radius 2 is 2.20 bits per heavy atom. The molecule has 1 aliphatic rings. The second-order valence-corrected chi connectivity index (χ2v) is 4.77. The largest absolute Gasteiger partial charge is 0.396 e. The number of hydrogen-bond acceptors (Lipinski definition) is 3. The molecule has 0 aromatic rings. The minimum Gasteiger partial charge on any atom is -0.396 e. The quantitative estimate of drug-likeness (QED) is 0.768. The Morgan fingerprint density at radius 1 is 1.53 bits per heavy atom. The van der Waals surface area contributed by atoms with Crippen LogP contribution in [0.1, 0.15) is 34.1 Å². The molecule has 0 fully saturated rings. The highest BCUT2D eigenvalue weighted by Crippen LogP contribution is 2.23. The number of rotatable bonds is 4. The van der Waals surface area contributed by atoms with Crippen molar-refractivity contribution in [2.24, 2.45) is 10.9 Å². The number of allylic oxidation sites excluding steroid dienone is 1. The first-order chi connectivity index (χ1) is 6.97. The molecular formula is C12H20N2O. The van der Waals surface area contributed by atoms with Crippen LogP contribution < -0.4 is 0 Å². The van der Waals surface area contributed by atoms with E-state index >= 15 is 0 Å². The highest BCUT2D eigenvalue weighted by Gasteiger charge is 2.24. The molecule has 1 aliphatic heterocycles. The van der Waals surface area contributed by atoms with Crippen molar-refractivity contribution in [2.45, 2.75) is 39.7 Å². The summed E-state index contributed by atoms with van der Waals surface area (Å²) < 4.78 is 0. The maximum absolute atomic E-state index is 9.00. The first-order valence-corrected chi connectivity index (χ1v) is 5.38. The lowest BCUT2D eigenvalue weighted by molar-refractivity contribution is 0.175. The number of aliphatic hydroxyl groups is 1. The molecule has 3 heteroatoms. The summed E-state index contributed by atoms with van der Waals surface area (Å²) in [7, 11) is 0. The topological polar surface area (TPSA) is 35.8 Å². The van der Waals surface area contributed by atoms with E-state index in [1.165, 1.54) is 0 Å². The van der Waals surface area contributed by atoms with E-state index < -0.39 is 0 Å². The van der Waals surface area contributed by atoms with Gasteiger partial charge in [-0.1, -0.05) is 13.8 Å². The summed E-state index contributed by atoms with van der Waals surface area (Å²) in [6.07, 6.45) is 4.60. The molecule has 84 valence electrons. The maximum Gasteiger partial charge on any atom is 0.0691 e. The lowest BCUT2D eigenvalue weighted by atomic mass is 9.98. The van der Waals surface area contributed by atoms with Gasteiger partial charge in [-0.15, -0.1) is 0 Å². The molecule has 0 unspecified atom stereocenters. The second kappa shape index (κ2) is 4.65. The molecule has 1 heterocycles. The molecule has 0 aliphatic carbocycles.